The minimum absolute atomic E-state index is 0.687. The predicted octanol–water partition coefficient (Wildman–Crippen LogP) is 5.15. The van der Waals surface area contributed by atoms with E-state index in [2.05, 4.69) is 31.7 Å². The SMILES string of the molecule is C=C(C)[C@@H]1CC=C(/C=C/C=C\C=C\Cl)CC1. The lowest BCUT2D eigenvalue weighted by molar-refractivity contribution is 0.545. The molecule has 0 aliphatic heterocycles. The Labute approximate surface area is 104 Å². The van der Waals surface area contributed by atoms with Crippen LogP contribution in [0.2, 0.25) is 0 Å². The highest BCUT2D eigenvalue weighted by atomic mass is 35.5. The van der Waals surface area contributed by atoms with Crippen LogP contribution >= 0.6 is 11.6 Å². The van der Waals surface area contributed by atoms with Crippen LogP contribution in [0.15, 0.2) is 59.7 Å². The van der Waals surface area contributed by atoms with Gasteiger partial charge in [0.15, 0.2) is 0 Å². The number of rotatable bonds is 4. The summed E-state index contributed by atoms with van der Waals surface area (Å²) in [7, 11) is 0. The molecule has 0 spiro atoms. The third kappa shape index (κ3) is 4.67. The quantitative estimate of drug-likeness (QED) is 0.466. The summed E-state index contributed by atoms with van der Waals surface area (Å²) in [5.74, 6) is 0.687. The average molecular weight is 235 g/mol. The smallest absolute Gasteiger partial charge is 0.00424 e. The Bertz CT molecular complexity index is 342. The van der Waals surface area contributed by atoms with Gasteiger partial charge < -0.3 is 0 Å². The summed E-state index contributed by atoms with van der Waals surface area (Å²) < 4.78 is 0. The van der Waals surface area contributed by atoms with Crippen LogP contribution in [0.25, 0.3) is 0 Å². The molecule has 0 fully saturated rings. The third-order valence-corrected chi connectivity index (χ3v) is 3.00. The highest BCUT2D eigenvalue weighted by Crippen LogP contribution is 2.28. The summed E-state index contributed by atoms with van der Waals surface area (Å²) in [4.78, 5) is 0. The molecule has 0 bridgehead atoms. The Morgan fingerprint density at radius 3 is 2.69 bits per heavy atom. The van der Waals surface area contributed by atoms with Gasteiger partial charge in [-0.1, -0.05) is 65.8 Å². The van der Waals surface area contributed by atoms with E-state index in [1.807, 2.05) is 12.2 Å². The molecule has 1 aliphatic carbocycles. The van der Waals surface area contributed by atoms with Crippen molar-refractivity contribution in [2.45, 2.75) is 26.2 Å². The van der Waals surface area contributed by atoms with Crippen molar-refractivity contribution in [2.75, 3.05) is 0 Å². The van der Waals surface area contributed by atoms with Gasteiger partial charge in [0, 0.05) is 5.54 Å². The molecule has 0 nitrogen and oxygen atoms in total. The zero-order valence-corrected chi connectivity index (χ0v) is 10.6. The van der Waals surface area contributed by atoms with Gasteiger partial charge in [-0.2, -0.15) is 0 Å². The minimum atomic E-state index is 0.687. The standard InChI is InChI=1S/C15H19Cl/c1-13(2)15-10-8-14(9-11-15)7-5-3-4-6-12-16/h3-8,12,15H,1,9-11H2,2H3/b4-3-,7-5+,12-6+/t15-/m1/s1. The van der Waals surface area contributed by atoms with E-state index in [0.717, 1.165) is 12.8 Å². The Hall–Kier alpha value is -1.01. The van der Waals surface area contributed by atoms with Gasteiger partial charge in [0.1, 0.15) is 0 Å². The van der Waals surface area contributed by atoms with E-state index in [1.165, 1.54) is 23.1 Å². The fraction of sp³-hybridized carbons (Fsp3) is 0.333. The first kappa shape index (κ1) is 13.1. The monoisotopic (exact) mass is 234 g/mol. The molecule has 0 heterocycles. The number of halogens is 1. The van der Waals surface area contributed by atoms with Crippen LogP contribution in [0.4, 0.5) is 0 Å². The summed E-state index contributed by atoms with van der Waals surface area (Å²) >= 11 is 5.40. The molecule has 0 aromatic heterocycles. The average Bonchev–Trinajstić information content (AvgIpc) is 2.29. The second-order valence-electron chi connectivity index (χ2n) is 4.16. The normalized spacial score (nSPS) is 22.1. The van der Waals surface area contributed by atoms with Gasteiger partial charge in [0.25, 0.3) is 0 Å². The molecule has 1 rings (SSSR count). The summed E-state index contributed by atoms with van der Waals surface area (Å²) in [6, 6.07) is 0. The van der Waals surface area contributed by atoms with Crippen molar-refractivity contribution in [1.29, 1.82) is 0 Å². The molecule has 0 N–H and O–H groups in total. The first-order chi connectivity index (χ1) is 7.74. The summed E-state index contributed by atoms with van der Waals surface area (Å²) in [5.41, 5.74) is 4.24. The molecule has 1 heteroatoms. The highest BCUT2D eigenvalue weighted by Gasteiger charge is 2.12. The summed E-state index contributed by atoms with van der Waals surface area (Å²) in [6.45, 7) is 6.15. The lowest BCUT2D eigenvalue weighted by atomic mass is 9.85. The van der Waals surface area contributed by atoms with Crippen LogP contribution in [-0.2, 0) is 0 Å². The zero-order valence-electron chi connectivity index (χ0n) is 9.83. The van der Waals surface area contributed by atoms with Crippen LogP contribution in [0.5, 0.6) is 0 Å². The van der Waals surface area contributed by atoms with Crippen molar-refractivity contribution < 1.29 is 0 Å². The lowest BCUT2D eigenvalue weighted by Crippen LogP contribution is -2.05. The lowest BCUT2D eigenvalue weighted by Gasteiger charge is -2.20. The van der Waals surface area contributed by atoms with Gasteiger partial charge in [0.05, 0.1) is 0 Å². The van der Waals surface area contributed by atoms with Gasteiger partial charge in [-0.15, -0.1) is 0 Å². The number of allylic oxidation sites excluding steroid dienone is 8. The van der Waals surface area contributed by atoms with Crippen LogP contribution in [0.3, 0.4) is 0 Å². The van der Waals surface area contributed by atoms with Gasteiger partial charge in [-0.3, -0.25) is 0 Å². The van der Waals surface area contributed by atoms with E-state index in [9.17, 15) is 0 Å². The molecule has 1 atom stereocenters. The van der Waals surface area contributed by atoms with E-state index in [1.54, 1.807) is 6.08 Å². The Balaban J connectivity index is 2.43. The van der Waals surface area contributed by atoms with Crippen LogP contribution < -0.4 is 0 Å². The van der Waals surface area contributed by atoms with Crippen LogP contribution in [0, 0.1) is 5.92 Å². The molecule has 0 saturated heterocycles. The van der Waals surface area contributed by atoms with Crippen molar-refractivity contribution in [2.24, 2.45) is 5.92 Å². The number of hydrogen-bond donors (Lipinski definition) is 0. The maximum atomic E-state index is 5.40. The highest BCUT2D eigenvalue weighted by molar-refractivity contribution is 6.25. The molecule has 0 radical (unpaired) electrons. The second-order valence-corrected chi connectivity index (χ2v) is 4.41. The molecule has 0 unspecified atom stereocenters. The summed E-state index contributed by atoms with van der Waals surface area (Å²) in [6.07, 6.45) is 15.8. The van der Waals surface area contributed by atoms with Gasteiger partial charge in [-0.05, 0) is 32.1 Å². The third-order valence-electron chi connectivity index (χ3n) is 2.86. The van der Waals surface area contributed by atoms with Crippen molar-refractivity contribution >= 4 is 11.6 Å². The molecular weight excluding hydrogens is 216 g/mol. The first-order valence-corrected chi connectivity index (χ1v) is 6.12. The van der Waals surface area contributed by atoms with Crippen LogP contribution in [0.1, 0.15) is 26.2 Å². The van der Waals surface area contributed by atoms with E-state index in [0.29, 0.717) is 5.92 Å². The van der Waals surface area contributed by atoms with Gasteiger partial charge >= 0.3 is 0 Å². The van der Waals surface area contributed by atoms with E-state index >= 15 is 0 Å². The molecule has 0 saturated carbocycles. The van der Waals surface area contributed by atoms with Crippen molar-refractivity contribution in [3.05, 3.63) is 59.7 Å². The van der Waals surface area contributed by atoms with E-state index < -0.39 is 0 Å². The minimum Gasteiger partial charge on any atom is -0.0998 e. The Morgan fingerprint density at radius 2 is 2.12 bits per heavy atom. The van der Waals surface area contributed by atoms with Crippen molar-refractivity contribution in [1.82, 2.24) is 0 Å². The fourth-order valence-electron chi connectivity index (χ4n) is 1.80. The second kappa shape index (κ2) is 7.29. The molecule has 86 valence electrons. The summed E-state index contributed by atoms with van der Waals surface area (Å²) in [5, 5.41) is 0. The Kier molecular flexibility index (Phi) is 5.95. The first-order valence-electron chi connectivity index (χ1n) is 5.68. The molecule has 0 amide bonds. The van der Waals surface area contributed by atoms with Gasteiger partial charge in [0.2, 0.25) is 0 Å². The van der Waals surface area contributed by atoms with E-state index in [4.69, 9.17) is 11.6 Å². The topological polar surface area (TPSA) is 0 Å². The molecule has 16 heavy (non-hydrogen) atoms. The largest absolute Gasteiger partial charge is 0.0998 e. The van der Waals surface area contributed by atoms with E-state index in [-0.39, 0.29) is 0 Å². The van der Waals surface area contributed by atoms with Crippen LogP contribution in [-0.4, -0.2) is 0 Å². The zero-order chi connectivity index (χ0) is 11.8. The Morgan fingerprint density at radius 1 is 1.38 bits per heavy atom. The maximum Gasteiger partial charge on any atom is 0.00424 e. The maximum absolute atomic E-state index is 5.40. The van der Waals surface area contributed by atoms with Gasteiger partial charge in [-0.25, -0.2) is 0 Å². The molecular formula is C15H19Cl. The van der Waals surface area contributed by atoms with Crippen molar-refractivity contribution in [3.63, 3.8) is 0 Å². The van der Waals surface area contributed by atoms with Crippen molar-refractivity contribution in [3.8, 4) is 0 Å². The number of hydrogen-bond acceptors (Lipinski definition) is 0. The molecule has 1 aliphatic rings. The predicted molar refractivity (Wildman–Crippen MR) is 73.5 cm³/mol. The fourth-order valence-corrected chi connectivity index (χ4v) is 1.89. The molecule has 0 aromatic rings. The molecule has 0 aromatic carbocycles.